The van der Waals surface area contributed by atoms with Gasteiger partial charge in [0.15, 0.2) is 0 Å². The van der Waals surface area contributed by atoms with Gasteiger partial charge in [-0.2, -0.15) is 11.8 Å². The Labute approximate surface area is 129 Å². The molecular formula is C15H24BrNOS. The van der Waals surface area contributed by atoms with E-state index in [-0.39, 0.29) is 0 Å². The maximum absolute atomic E-state index is 5.29. The third kappa shape index (κ3) is 5.76. The van der Waals surface area contributed by atoms with E-state index in [9.17, 15) is 0 Å². The molecule has 0 aliphatic heterocycles. The molecule has 108 valence electrons. The van der Waals surface area contributed by atoms with Crippen LogP contribution in [0.15, 0.2) is 22.7 Å². The number of thioether (sulfide) groups is 1. The first-order valence-electron chi connectivity index (χ1n) is 6.72. The highest BCUT2D eigenvalue weighted by atomic mass is 79.9. The van der Waals surface area contributed by atoms with Crippen molar-refractivity contribution in [2.45, 2.75) is 38.0 Å². The molecule has 4 heteroatoms. The number of hydrogen-bond acceptors (Lipinski definition) is 3. The van der Waals surface area contributed by atoms with Crippen LogP contribution < -0.4 is 10.1 Å². The molecule has 0 amide bonds. The van der Waals surface area contributed by atoms with Crippen molar-refractivity contribution in [3.05, 3.63) is 28.2 Å². The van der Waals surface area contributed by atoms with Crippen molar-refractivity contribution in [2.75, 3.05) is 19.9 Å². The molecule has 0 spiro atoms. The van der Waals surface area contributed by atoms with E-state index >= 15 is 0 Å². The van der Waals surface area contributed by atoms with Crippen molar-refractivity contribution in [1.29, 1.82) is 0 Å². The first-order chi connectivity index (χ1) is 9.10. The Bertz CT molecular complexity index is 386. The van der Waals surface area contributed by atoms with Gasteiger partial charge in [0.1, 0.15) is 5.75 Å². The summed E-state index contributed by atoms with van der Waals surface area (Å²) in [6.45, 7) is 4.53. The molecule has 1 rings (SSSR count). The maximum atomic E-state index is 5.29. The molecule has 0 fully saturated rings. The lowest BCUT2D eigenvalue weighted by Crippen LogP contribution is -2.30. The second-order valence-electron chi connectivity index (χ2n) is 4.70. The minimum atomic E-state index is 0.488. The standard InChI is InChI=1S/C15H24BrNOS/c1-5-11(2)19-10-13(17-3)8-12-9-14(18-4)6-7-15(12)16/h6-7,9,11,13,17H,5,8,10H2,1-4H3. The normalized spacial score (nSPS) is 14.2. The fourth-order valence-corrected chi connectivity index (χ4v) is 3.23. The largest absolute Gasteiger partial charge is 0.497 e. The molecule has 0 aliphatic rings. The summed E-state index contributed by atoms with van der Waals surface area (Å²) in [5, 5.41) is 4.14. The molecule has 1 aromatic carbocycles. The summed E-state index contributed by atoms with van der Waals surface area (Å²) in [5.41, 5.74) is 1.29. The highest BCUT2D eigenvalue weighted by Gasteiger charge is 2.12. The molecule has 2 nitrogen and oxygen atoms in total. The summed E-state index contributed by atoms with van der Waals surface area (Å²) in [5.74, 6) is 2.05. The fraction of sp³-hybridized carbons (Fsp3) is 0.600. The van der Waals surface area contributed by atoms with Crippen LogP contribution in [0.5, 0.6) is 5.75 Å². The summed E-state index contributed by atoms with van der Waals surface area (Å²) < 4.78 is 6.45. The van der Waals surface area contributed by atoms with Crippen LogP contribution in [0.2, 0.25) is 0 Å². The van der Waals surface area contributed by atoms with E-state index in [1.807, 2.05) is 24.9 Å². The zero-order chi connectivity index (χ0) is 14.3. The fourth-order valence-electron chi connectivity index (χ4n) is 1.74. The van der Waals surface area contributed by atoms with Gasteiger partial charge in [-0.1, -0.05) is 29.8 Å². The number of likely N-dealkylation sites (N-methyl/N-ethyl adjacent to an activating group) is 1. The summed E-state index contributed by atoms with van der Waals surface area (Å²) in [7, 11) is 3.75. The number of hydrogen-bond donors (Lipinski definition) is 1. The molecule has 2 atom stereocenters. The summed E-state index contributed by atoms with van der Waals surface area (Å²) in [4.78, 5) is 0. The van der Waals surface area contributed by atoms with E-state index in [0.29, 0.717) is 6.04 Å². The van der Waals surface area contributed by atoms with Gasteiger partial charge in [0.05, 0.1) is 7.11 Å². The Morgan fingerprint density at radius 3 is 2.74 bits per heavy atom. The minimum Gasteiger partial charge on any atom is -0.497 e. The quantitative estimate of drug-likeness (QED) is 0.765. The third-order valence-electron chi connectivity index (χ3n) is 3.28. The smallest absolute Gasteiger partial charge is 0.119 e. The van der Waals surface area contributed by atoms with Crippen LogP contribution in [0.25, 0.3) is 0 Å². The Morgan fingerprint density at radius 2 is 2.16 bits per heavy atom. The average Bonchev–Trinajstić information content (AvgIpc) is 2.44. The molecule has 1 aromatic rings. The maximum Gasteiger partial charge on any atom is 0.119 e. The lowest BCUT2D eigenvalue weighted by Gasteiger charge is -2.19. The molecule has 0 bridgehead atoms. The predicted octanol–water partition coefficient (Wildman–Crippen LogP) is 4.12. The van der Waals surface area contributed by atoms with Crippen LogP contribution in [0.1, 0.15) is 25.8 Å². The molecule has 0 aliphatic carbocycles. The van der Waals surface area contributed by atoms with E-state index in [1.165, 1.54) is 12.0 Å². The van der Waals surface area contributed by atoms with Crippen molar-refractivity contribution in [3.8, 4) is 5.75 Å². The van der Waals surface area contributed by atoms with E-state index < -0.39 is 0 Å². The number of ether oxygens (including phenoxy) is 1. The van der Waals surface area contributed by atoms with Gasteiger partial charge in [-0.15, -0.1) is 0 Å². The van der Waals surface area contributed by atoms with Crippen molar-refractivity contribution in [1.82, 2.24) is 5.32 Å². The van der Waals surface area contributed by atoms with Crippen molar-refractivity contribution < 1.29 is 4.74 Å². The van der Waals surface area contributed by atoms with Crippen LogP contribution in [-0.4, -0.2) is 31.2 Å². The Kier molecular flexibility index (Phi) is 7.88. The molecular weight excluding hydrogens is 322 g/mol. The summed E-state index contributed by atoms with van der Waals surface area (Å²) in [6.07, 6.45) is 2.24. The number of methoxy groups -OCH3 is 1. The van der Waals surface area contributed by atoms with Gasteiger partial charge >= 0.3 is 0 Å². The monoisotopic (exact) mass is 345 g/mol. The first-order valence-corrected chi connectivity index (χ1v) is 8.56. The van der Waals surface area contributed by atoms with Crippen LogP contribution in [0.3, 0.4) is 0 Å². The van der Waals surface area contributed by atoms with Crippen molar-refractivity contribution >= 4 is 27.7 Å². The van der Waals surface area contributed by atoms with Crippen LogP contribution in [0.4, 0.5) is 0 Å². The van der Waals surface area contributed by atoms with Gasteiger partial charge in [-0.25, -0.2) is 0 Å². The van der Waals surface area contributed by atoms with Gasteiger partial charge in [-0.3, -0.25) is 0 Å². The van der Waals surface area contributed by atoms with E-state index in [0.717, 1.165) is 27.6 Å². The highest BCUT2D eigenvalue weighted by Crippen LogP contribution is 2.25. The van der Waals surface area contributed by atoms with E-state index in [4.69, 9.17) is 4.74 Å². The number of rotatable bonds is 8. The second-order valence-corrected chi connectivity index (χ2v) is 7.03. The second kappa shape index (κ2) is 8.88. The SMILES string of the molecule is CCC(C)SCC(Cc1cc(OC)ccc1Br)NC. The van der Waals surface area contributed by atoms with Gasteiger partial charge in [0.25, 0.3) is 0 Å². The van der Waals surface area contributed by atoms with Gasteiger partial charge < -0.3 is 10.1 Å². The number of benzene rings is 1. The van der Waals surface area contributed by atoms with E-state index in [2.05, 4.69) is 47.2 Å². The lowest BCUT2D eigenvalue weighted by molar-refractivity contribution is 0.414. The number of halogens is 1. The van der Waals surface area contributed by atoms with Crippen LogP contribution in [0, 0.1) is 0 Å². The van der Waals surface area contributed by atoms with Gasteiger partial charge in [0, 0.05) is 21.5 Å². The third-order valence-corrected chi connectivity index (χ3v) is 5.56. The zero-order valence-corrected chi connectivity index (χ0v) is 14.6. The number of nitrogens with one attached hydrogen (secondary N) is 1. The Hall–Kier alpha value is -0.190. The van der Waals surface area contributed by atoms with E-state index in [1.54, 1.807) is 7.11 Å². The molecule has 2 unspecified atom stereocenters. The Balaban J connectivity index is 2.64. The topological polar surface area (TPSA) is 21.3 Å². The van der Waals surface area contributed by atoms with Crippen molar-refractivity contribution in [2.24, 2.45) is 0 Å². The van der Waals surface area contributed by atoms with Crippen molar-refractivity contribution in [3.63, 3.8) is 0 Å². The Morgan fingerprint density at radius 1 is 1.42 bits per heavy atom. The van der Waals surface area contributed by atoms with Gasteiger partial charge in [-0.05, 0) is 43.7 Å². The molecule has 19 heavy (non-hydrogen) atoms. The average molecular weight is 346 g/mol. The van der Waals surface area contributed by atoms with Crippen LogP contribution in [-0.2, 0) is 6.42 Å². The summed E-state index contributed by atoms with van der Waals surface area (Å²) >= 11 is 5.66. The molecule has 0 aromatic heterocycles. The molecule has 0 radical (unpaired) electrons. The molecule has 1 N–H and O–H groups in total. The summed E-state index contributed by atoms with van der Waals surface area (Å²) in [6, 6.07) is 6.64. The van der Waals surface area contributed by atoms with Gasteiger partial charge in [0.2, 0.25) is 0 Å². The zero-order valence-electron chi connectivity index (χ0n) is 12.2. The highest BCUT2D eigenvalue weighted by molar-refractivity contribution is 9.10. The molecule has 0 saturated carbocycles. The lowest BCUT2D eigenvalue weighted by atomic mass is 10.1. The van der Waals surface area contributed by atoms with Crippen LogP contribution >= 0.6 is 27.7 Å². The molecule has 0 saturated heterocycles. The molecule has 0 heterocycles. The minimum absolute atomic E-state index is 0.488. The first kappa shape index (κ1) is 16.9. The predicted molar refractivity (Wildman–Crippen MR) is 89.5 cm³/mol.